The van der Waals surface area contributed by atoms with Crippen molar-refractivity contribution in [1.82, 2.24) is 9.97 Å². The number of hydrogen-bond acceptors (Lipinski definition) is 4. The van der Waals surface area contributed by atoms with E-state index in [-0.39, 0.29) is 34.3 Å². The standard InChI is InChI=1S/C18H21ClF3N3O/c1-10(2)7-18(3,23)9-26-14-8-25-13(6-12(14)17(21)22)11-4-5-24-16(19)15(11)20/h4-6,8,10,17H,7,9,23H2,1-3H3/t18-/m0/s1. The van der Waals surface area contributed by atoms with Crippen LogP contribution in [0.1, 0.15) is 39.2 Å². The van der Waals surface area contributed by atoms with E-state index in [2.05, 4.69) is 9.97 Å². The lowest BCUT2D eigenvalue weighted by Gasteiger charge is -2.27. The van der Waals surface area contributed by atoms with Crippen LogP contribution in [0, 0.1) is 11.7 Å². The highest BCUT2D eigenvalue weighted by Crippen LogP contribution is 2.33. The van der Waals surface area contributed by atoms with Crippen LogP contribution in [0.5, 0.6) is 5.75 Å². The monoisotopic (exact) mass is 387 g/mol. The van der Waals surface area contributed by atoms with Crippen molar-refractivity contribution in [1.29, 1.82) is 0 Å². The van der Waals surface area contributed by atoms with Crippen LogP contribution in [0.25, 0.3) is 11.3 Å². The molecule has 4 nitrogen and oxygen atoms in total. The summed E-state index contributed by atoms with van der Waals surface area (Å²) in [6.07, 6.45) is 0.279. The summed E-state index contributed by atoms with van der Waals surface area (Å²) in [5, 5.41) is -0.351. The average Bonchev–Trinajstić information content (AvgIpc) is 2.54. The van der Waals surface area contributed by atoms with Gasteiger partial charge in [-0.25, -0.2) is 18.2 Å². The van der Waals surface area contributed by atoms with Gasteiger partial charge in [-0.05, 0) is 31.4 Å². The minimum absolute atomic E-state index is 0.0121. The molecule has 0 amide bonds. The van der Waals surface area contributed by atoms with E-state index in [9.17, 15) is 13.2 Å². The highest BCUT2D eigenvalue weighted by atomic mass is 35.5. The van der Waals surface area contributed by atoms with Crippen molar-refractivity contribution in [3.63, 3.8) is 0 Å². The predicted molar refractivity (Wildman–Crippen MR) is 94.9 cm³/mol. The summed E-state index contributed by atoms with van der Waals surface area (Å²) in [5.41, 5.74) is 5.10. The van der Waals surface area contributed by atoms with Gasteiger partial charge in [-0.2, -0.15) is 0 Å². The second-order valence-electron chi connectivity index (χ2n) is 6.91. The van der Waals surface area contributed by atoms with Crippen LogP contribution in [0.2, 0.25) is 5.15 Å². The summed E-state index contributed by atoms with van der Waals surface area (Å²) < 4.78 is 46.5. The molecule has 0 saturated carbocycles. The lowest BCUT2D eigenvalue weighted by atomic mass is 9.93. The maximum Gasteiger partial charge on any atom is 0.267 e. The molecule has 2 heterocycles. The molecule has 2 N–H and O–H groups in total. The molecule has 0 unspecified atom stereocenters. The minimum atomic E-state index is -2.82. The third-order valence-electron chi connectivity index (χ3n) is 3.69. The SMILES string of the molecule is CC(C)C[C@](C)(N)COc1cnc(-c2ccnc(Cl)c2F)cc1C(F)F. The van der Waals surface area contributed by atoms with E-state index >= 15 is 0 Å². The molecule has 0 radical (unpaired) electrons. The van der Waals surface area contributed by atoms with Gasteiger partial charge < -0.3 is 10.5 Å². The molecule has 0 spiro atoms. The Morgan fingerprint density at radius 2 is 2.00 bits per heavy atom. The number of nitrogens with two attached hydrogens (primary N) is 1. The normalized spacial score (nSPS) is 13.9. The number of pyridine rings is 2. The second-order valence-corrected chi connectivity index (χ2v) is 7.27. The number of hydrogen-bond donors (Lipinski definition) is 1. The van der Waals surface area contributed by atoms with Crippen LogP contribution < -0.4 is 10.5 Å². The smallest absolute Gasteiger partial charge is 0.267 e. The number of ether oxygens (including phenoxy) is 1. The molecule has 142 valence electrons. The lowest BCUT2D eigenvalue weighted by molar-refractivity contribution is 0.139. The third kappa shape index (κ3) is 5.08. The molecule has 2 aromatic heterocycles. The van der Waals surface area contributed by atoms with Gasteiger partial charge in [-0.3, -0.25) is 4.98 Å². The zero-order valence-corrected chi connectivity index (χ0v) is 15.5. The summed E-state index contributed by atoms with van der Waals surface area (Å²) in [6.45, 7) is 5.88. The van der Waals surface area contributed by atoms with Crippen molar-refractivity contribution in [3.05, 3.63) is 41.1 Å². The molecular weight excluding hydrogens is 367 g/mol. The maximum absolute atomic E-state index is 14.1. The number of alkyl halides is 2. The highest BCUT2D eigenvalue weighted by Gasteiger charge is 2.24. The van der Waals surface area contributed by atoms with Gasteiger partial charge >= 0.3 is 0 Å². The second kappa shape index (κ2) is 8.22. The van der Waals surface area contributed by atoms with Gasteiger partial charge in [-0.15, -0.1) is 0 Å². The number of nitrogens with zero attached hydrogens (tertiary/aromatic N) is 2. The Morgan fingerprint density at radius 3 is 2.62 bits per heavy atom. The summed E-state index contributed by atoms with van der Waals surface area (Å²) in [6, 6.07) is 2.41. The van der Waals surface area contributed by atoms with Gasteiger partial charge in [-0.1, -0.05) is 25.4 Å². The van der Waals surface area contributed by atoms with Crippen LogP contribution in [0.4, 0.5) is 13.2 Å². The topological polar surface area (TPSA) is 61.0 Å². The summed E-state index contributed by atoms with van der Waals surface area (Å²) in [7, 11) is 0. The molecule has 0 aliphatic carbocycles. The molecule has 1 atom stereocenters. The summed E-state index contributed by atoms with van der Waals surface area (Å²) in [4.78, 5) is 7.63. The Morgan fingerprint density at radius 1 is 1.31 bits per heavy atom. The Hall–Kier alpha value is -1.86. The Kier molecular flexibility index (Phi) is 6.47. The lowest BCUT2D eigenvalue weighted by Crippen LogP contribution is -2.43. The van der Waals surface area contributed by atoms with Crippen LogP contribution in [0.15, 0.2) is 24.5 Å². The average molecular weight is 388 g/mol. The van der Waals surface area contributed by atoms with Crippen LogP contribution >= 0.6 is 11.6 Å². The Labute approximate surface area is 155 Å². The molecule has 0 bridgehead atoms. The van der Waals surface area contributed by atoms with Crippen molar-refractivity contribution in [2.24, 2.45) is 11.7 Å². The van der Waals surface area contributed by atoms with Gasteiger partial charge in [0.05, 0.1) is 17.5 Å². The number of aromatic nitrogens is 2. The fraction of sp³-hybridized carbons (Fsp3) is 0.444. The van der Waals surface area contributed by atoms with Gasteiger partial charge in [0.1, 0.15) is 12.4 Å². The number of rotatable bonds is 7. The maximum atomic E-state index is 14.1. The van der Waals surface area contributed by atoms with E-state index in [1.807, 2.05) is 13.8 Å². The first-order chi connectivity index (χ1) is 12.1. The van der Waals surface area contributed by atoms with E-state index in [4.69, 9.17) is 22.1 Å². The Bertz CT molecular complexity index is 769. The van der Waals surface area contributed by atoms with E-state index in [0.29, 0.717) is 12.3 Å². The van der Waals surface area contributed by atoms with Gasteiger partial charge in [0.25, 0.3) is 6.43 Å². The summed E-state index contributed by atoms with van der Waals surface area (Å²) in [5.74, 6) is -0.560. The molecule has 8 heteroatoms. The van der Waals surface area contributed by atoms with E-state index < -0.39 is 17.8 Å². The van der Waals surface area contributed by atoms with Crippen molar-refractivity contribution in [3.8, 4) is 17.0 Å². The Balaban J connectivity index is 2.31. The first-order valence-corrected chi connectivity index (χ1v) is 8.48. The number of halogens is 4. The third-order valence-corrected chi connectivity index (χ3v) is 3.95. The van der Waals surface area contributed by atoms with Crippen molar-refractivity contribution in [2.75, 3.05) is 6.61 Å². The molecule has 0 aliphatic rings. The van der Waals surface area contributed by atoms with Crippen LogP contribution in [-0.4, -0.2) is 22.1 Å². The highest BCUT2D eigenvalue weighted by molar-refractivity contribution is 6.29. The van der Waals surface area contributed by atoms with E-state index in [1.165, 1.54) is 12.3 Å². The minimum Gasteiger partial charge on any atom is -0.490 e. The molecule has 0 fully saturated rings. The fourth-order valence-corrected chi connectivity index (χ4v) is 2.91. The molecule has 2 rings (SSSR count). The molecular formula is C18H21ClF3N3O. The predicted octanol–water partition coefficient (Wildman–Crippen LogP) is 5.02. The zero-order chi connectivity index (χ0) is 19.5. The van der Waals surface area contributed by atoms with Gasteiger partial charge in [0, 0.05) is 17.3 Å². The summed E-state index contributed by atoms with van der Waals surface area (Å²) >= 11 is 5.64. The van der Waals surface area contributed by atoms with Crippen LogP contribution in [-0.2, 0) is 0 Å². The van der Waals surface area contributed by atoms with Crippen molar-refractivity contribution >= 4 is 11.6 Å². The molecule has 26 heavy (non-hydrogen) atoms. The quantitative estimate of drug-likeness (QED) is 0.678. The first kappa shape index (κ1) is 20.5. The molecule has 2 aromatic rings. The van der Waals surface area contributed by atoms with Crippen molar-refractivity contribution < 1.29 is 17.9 Å². The molecule has 0 saturated heterocycles. The van der Waals surface area contributed by atoms with Crippen molar-refractivity contribution in [2.45, 2.75) is 39.2 Å². The molecule has 0 aliphatic heterocycles. The van der Waals surface area contributed by atoms with Gasteiger partial charge in [0.15, 0.2) is 11.0 Å². The fourth-order valence-electron chi connectivity index (χ4n) is 2.75. The van der Waals surface area contributed by atoms with Gasteiger partial charge in [0.2, 0.25) is 0 Å². The largest absolute Gasteiger partial charge is 0.490 e. The van der Waals surface area contributed by atoms with E-state index in [0.717, 1.165) is 12.3 Å². The molecule has 0 aromatic carbocycles. The van der Waals surface area contributed by atoms with Crippen LogP contribution in [0.3, 0.4) is 0 Å². The zero-order valence-electron chi connectivity index (χ0n) is 14.8. The van der Waals surface area contributed by atoms with E-state index in [1.54, 1.807) is 6.92 Å². The first-order valence-electron chi connectivity index (χ1n) is 8.11.